The Morgan fingerprint density at radius 1 is 1.09 bits per heavy atom. The number of carboxylic acid groups (broad SMARTS) is 1. The molecule has 1 saturated heterocycles. The molecule has 5 rings (SSSR count). The van der Waals surface area contributed by atoms with Crippen molar-refractivity contribution in [2.45, 2.75) is 71.6 Å². The highest BCUT2D eigenvalue weighted by Crippen LogP contribution is 2.34. The average Bonchev–Trinajstić information content (AvgIpc) is 3.43. The number of nitrogens with one attached hydrogen (secondary N) is 1. The Kier molecular flexibility index (Phi) is 9.90. The highest BCUT2D eigenvalue weighted by molar-refractivity contribution is 5.84. The molecular formula is C35H40F3N5O4. The van der Waals surface area contributed by atoms with E-state index >= 15 is 0 Å². The topological polar surface area (TPSA) is 109 Å². The second-order valence-electron chi connectivity index (χ2n) is 12.8. The molecule has 1 aliphatic heterocycles. The van der Waals surface area contributed by atoms with Crippen LogP contribution in [-0.4, -0.2) is 55.5 Å². The van der Waals surface area contributed by atoms with Gasteiger partial charge in [0.05, 0.1) is 18.0 Å². The van der Waals surface area contributed by atoms with Crippen molar-refractivity contribution in [2.75, 3.05) is 19.6 Å². The largest absolute Gasteiger partial charge is 0.481 e. The Hall–Kier alpha value is -4.45. The molecule has 250 valence electrons. The van der Waals surface area contributed by atoms with Gasteiger partial charge in [-0.05, 0) is 86.0 Å². The normalized spacial score (nSPS) is 15.1. The van der Waals surface area contributed by atoms with Crippen LogP contribution in [-0.2, 0) is 22.2 Å². The number of likely N-dealkylation sites (tertiary alicyclic amines) is 1. The number of hydrogen-bond donors (Lipinski definition) is 2. The molecule has 0 aliphatic carbocycles. The lowest BCUT2D eigenvalue weighted by atomic mass is 9.93. The number of nitrogens with zero attached hydrogens (tertiary/aromatic N) is 4. The van der Waals surface area contributed by atoms with Gasteiger partial charge in [0.25, 0.3) is 5.56 Å². The van der Waals surface area contributed by atoms with Crippen LogP contribution in [0.2, 0.25) is 0 Å². The van der Waals surface area contributed by atoms with Crippen LogP contribution in [0.4, 0.5) is 13.2 Å². The minimum atomic E-state index is -4.73. The van der Waals surface area contributed by atoms with Crippen molar-refractivity contribution in [3.63, 3.8) is 0 Å². The van der Waals surface area contributed by atoms with Gasteiger partial charge in [-0.1, -0.05) is 32.0 Å². The van der Waals surface area contributed by atoms with Crippen LogP contribution in [0.5, 0.6) is 0 Å². The van der Waals surface area contributed by atoms with Gasteiger partial charge in [0.15, 0.2) is 0 Å². The molecule has 47 heavy (non-hydrogen) atoms. The van der Waals surface area contributed by atoms with Crippen LogP contribution >= 0.6 is 0 Å². The van der Waals surface area contributed by atoms with E-state index in [0.717, 1.165) is 46.3 Å². The number of carboxylic acids is 1. The number of benzene rings is 1. The summed E-state index contributed by atoms with van der Waals surface area (Å²) in [7, 11) is 0. The number of aryl methyl sites for hydroxylation is 2. The zero-order valence-corrected chi connectivity index (χ0v) is 27.0. The number of amides is 1. The van der Waals surface area contributed by atoms with Crippen molar-refractivity contribution < 1.29 is 27.9 Å². The predicted molar refractivity (Wildman–Crippen MR) is 172 cm³/mol. The van der Waals surface area contributed by atoms with Crippen LogP contribution in [0.15, 0.2) is 59.9 Å². The minimum Gasteiger partial charge on any atom is -0.481 e. The van der Waals surface area contributed by atoms with Crippen molar-refractivity contribution >= 4 is 17.5 Å². The predicted octanol–water partition coefficient (Wildman–Crippen LogP) is 5.97. The molecule has 2 atom stereocenters. The van der Waals surface area contributed by atoms with E-state index in [1.807, 2.05) is 56.9 Å². The van der Waals surface area contributed by atoms with Gasteiger partial charge in [0.2, 0.25) is 5.91 Å². The maximum absolute atomic E-state index is 14.1. The summed E-state index contributed by atoms with van der Waals surface area (Å²) in [5, 5.41) is 12.7. The Balaban J connectivity index is 1.55. The van der Waals surface area contributed by atoms with Crippen LogP contribution in [0, 0.1) is 19.8 Å². The second-order valence-corrected chi connectivity index (χ2v) is 12.8. The molecule has 2 unspecified atom stereocenters. The Labute approximate surface area is 271 Å². The lowest BCUT2D eigenvalue weighted by molar-refractivity contribution is -0.139. The molecule has 4 heterocycles. The van der Waals surface area contributed by atoms with Gasteiger partial charge in [-0.15, -0.1) is 0 Å². The highest BCUT2D eigenvalue weighted by atomic mass is 19.4. The molecule has 2 N–H and O–H groups in total. The van der Waals surface area contributed by atoms with Gasteiger partial charge in [-0.25, -0.2) is 4.98 Å². The van der Waals surface area contributed by atoms with Crippen molar-refractivity contribution in [1.29, 1.82) is 0 Å². The molecular weight excluding hydrogens is 611 g/mol. The summed E-state index contributed by atoms with van der Waals surface area (Å²) in [5.74, 6) is -1.92. The van der Waals surface area contributed by atoms with E-state index < -0.39 is 47.7 Å². The van der Waals surface area contributed by atoms with Gasteiger partial charge in [-0.2, -0.15) is 13.2 Å². The lowest BCUT2D eigenvalue weighted by Gasteiger charge is -2.31. The summed E-state index contributed by atoms with van der Waals surface area (Å²) in [6.45, 7) is 9.66. The number of carbonyl (C=O) groups excluding carboxylic acids is 1. The summed E-state index contributed by atoms with van der Waals surface area (Å²) < 4.78 is 44.9. The van der Waals surface area contributed by atoms with E-state index in [1.165, 1.54) is 6.20 Å². The number of rotatable bonds is 12. The standard InChI is InChI=1S/C35H40F3N5O4/c1-21(2)15-29(43-20-24(9-13-41-11-6-12-41)27(17-30(43)44)35(36,37)38)34(47)40-28(18-31(45)46)25-16-26(33-39-10-14-42(33)19-25)32-22(3)7-5-8-23(32)4/h5,7-8,10,14,16-17,19-21,28-29H,6,9,11-13,15,18H2,1-4H3,(H,40,47)(H,45,46). The highest BCUT2D eigenvalue weighted by Gasteiger charge is 2.36. The monoisotopic (exact) mass is 651 g/mol. The number of fused-ring (bicyclic) bond motifs is 1. The molecule has 3 aromatic heterocycles. The molecule has 1 fully saturated rings. The molecule has 0 saturated carbocycles. The molecule has 1 aliphatic rings. The van der Waals surface area contributed by atoms with Gasteiger partial charge >= 0.3 is 12.1 Å². The quantitative estimate of drug-likeness (QED) is 0.196. The second kappa shape index (κ2) is 13.7. The molecule has 0 bridgehead atoms. The maximum Gasteiger partial charge on any atom is 0.416 e. The fraction of sp³-hybridized carbons (Fsp3) is 0.429. The van der Waals surface area contributed by atoms with E-state index in [9.17, 15) is 32.7 Å². The first kappa shape index (κ1) is 33.9. The number of pyridine rings is 2. The number of halogens is 3. The fourth-order valence-electron chi connectivity index (χ4n) is 6.34. The Bertz CT molecular complexity index is 1820. The summed E-state index contributed by atoms with van der Waals surface area (Å²) in [5.41, 5.74) is 2.84. The van der Waals surface area contributed by atoms with Gasteiger partial charge < -0.3 is 24.3 Å². The van der Waals surface area contributed by atoms with E-state index in [-0.39, 0.29) is 24.3 Å². The van der Waals surface area contributed by atoms with Crippen molar-refractivity contribution in [2.24, 2.45) is 5.92 Å². The number of alkyl halides is 3. The summed E-state index contributed by atoms with van der Waals surface area (Å²) in [4.78, 5) is 46.0. The zero-order valence-electron chi connectivity index (χ0n) is 27.0. The SMILES string of the molecule is Cc1cccc(C)c1-c1cc(C(CC(=O)O)NC(=O)C(CC(C)C)n2cc(CCN3CCC3)c(C(F)(F)F)cc2=O)cn2ccnc12. The van der Waals surface area contributed by atoms with Crippen LogP contribution in [0.3, 0.4) is 0 Å². The third-order valence-electron chi connectivity index (χ3n) is 8.80. The van der Waals surface area contributed by atoms with Crippen molar-refractivity contribution in [1.82, 2.24) is 24.2 Å². The van der Waals surface area contributed by atoms with Crippen molar-refractivity contribution in [3.05, 3.63) is 93.3 Å². The molecule has 1 amide bonds. The number of imidazole rings is 1. The number of aliphatic carboxylic acids is 1. The molecule has 9 nitrogen and oxygen atoms in total. The maximum atomic E-state index is 14.1. The van der Waals surface area contributed by atoms with Crippen LogP contribution in [0.1, 0.15) is 73.0 Å². The number of hydrogen-bond acceptors (Lipinski definition) is 5. The third kappa shape index (κ3) is 7.59. The smallest absolute Gasteiger partial charge is 0.416 e. The van der Waals surface area contributed by atoms with E-state index in [4.69, 9.17) is 0 Å². The summed E-state index contributed by atoms with van der Waals surface area (Å²) in [6, 6.07) is 6.11. The minimum absolute atomic E-state index is 0.0588. The van der Waals surface area contributed by atoms with Gasteiger partial charge in [-0.3, -0.25) is 14.4 Å². The van der Waals surface area contributed by atoms with Crippen molar-refractivity contribution in [3.8, 4) is 11.1 Å². The molecule has 0 radical (unpaired) electrons. The first-order chi connectivity index (χ1) is 22.2. The molecule has 1 aromatic carbocycles. The Morgan fingerprint density at radius 2 is 1.79 bits per heavy atom. The first-order valence-corrected chi connectivity index (χ1v) is 15.8. The molecule has 12 heteroatoms. The van der Waals surface area contributed by atoms with E-state index in [0.29, 0.717) is 23.8 Å². The average molecular weight is 652 g/mol. The van der Waals surface area contributed by atoms with E-state index in [1.54, 1.807) is 23.0 Å². The van der Waals surface area contributed by atoms with Crippen LogP contribution < -0.4 is 10.9 Å². The van der Waals surface area contributed by atoms with Gasteiger partial charge in [0.1, 0.15) is 11.7 Å². The Morgan fingerprint density at radius 3 is 2.38 bits per heavy atom. The lowest BCUT2D eigenvalue weighted by Crippen LogP contribution is -2.41. The third-order valence-corrected chi connectivity index (χ3v) is 8.80. The molecule has 4 aromatic rings. The fourth-order valence-corrected chi connectivity index (χ4v) is 6.34. The summed E-state index contributed by atoms with van der Waals surface area (Å²) in [6.07, 6.45) is 2.26. The zero-order chi connectivity index (χ0) is 34.0. The first-order valence-electron chi connectivity index (χ1n) is 15.8. The van der Waals surface area contributed by atoms with E-state index in [2.05, 4.69) is 10.3 Å². The number of aromatic nitrogens is 3. The summed E-state index contributed by atoms with van der Waals surface area (Å²) >= 11 is 0. The number of carbonyl (C=O) groups is 2. The van der Waals surface area contributed by atoms with Gasteiger partial charge in [0, 0.05) is 43.0 Å². The molecule has 0 spiro atoms. The van der Waals surface area contributed by atoms with Crippen LogP contribution in [0.25, 0.3) is 16.8 Å².